The summed E-state index contributed by atoms with van der Waals surface area (Å²) in [6.07, 6.45) is 5.34. The Balaban J connectivity index is 1.65. The molecule has 21 heavy (non-hydrogen) atoms. The topological polar surface area (TPSA) is 58.6 Å². The Bertz CT molecular complexity index is 554. The van der Waals surface area contributed by atoms with Gasteiger partial charge in [-0.05, 0) is 37.1 Å². The highest BCUT2D eigenvalue weighted by molar-refractivity contribution is 6.05. The van der Waals surface area contributed by atoms with E-state index in [1.807, 2.05) is 36.4 Å². The first kappa shape index (κ1) is 13.7. The Kier molecular flexibility index (Phi) is 3.64. The summed E-state index contributed by atoms with van der Waals surface area (Å²) < 4.78 is 5.09. The second kappa shape index (κ2) is 5.60. The van der Waals surface area contributed by atoms with Gasteiger partial charge in [-0.15, -0.1) is 0 Å². The molecule has 2 atom stereocenters. The number of fused-ring (bicyclic) bond motifs is 1. The maximum Gasteiger partial charge on any atom is 0.234 e. The summed E-state index contributed by atoms with van der Waals surface area (Å²) in [6, 6.07) is 7.39. The van der Waals surface area contributed by atoms with Crippen LogP contribution in [0.5, 0.6) is 5.75 Å². The van der Waals surface area contributed by atoms with E-state index in [1.165, 1.54) is 4.90 Å². The molecule has 1 aromatic carbocycles. The van der Waals surface area contributed by atoms with Gasteiger partial charge in [-0.2, -0.15) is 0 Å². The molecule has 110 valence electrons. The molecule has 0 radical (unpaired) electrons. The maximum atomic E-state index is 12.3. The van der Waals surface area contributed by atoms with Crippen LogP contribution in [0.4, 0.5) is 5.69 Å². The van der Waals surface area contributed by atoms with Crippen molar-refractivity contribution in [3.8, 4) is 5.75 Å². The van der Waals surface area contributed by atoms with Crippen molar-refractivity contribution in [2.75, 3.05) is 19.1 Å². The summed E-state index contributed by atoms with van der Waals surface area (Å²) in [5, 5.41) is 3.12. The summed E-state index contributed by atoms with van der Waals surface area (Å²) in [6.45, 7) is 0.219. The molecular formula is C16H18N2O3. The number of rotatable bonds is 4. The number of allylic oxidation sites excluding steroid dienone is 2. The maximum absolute atomic E-state index is 12.3. The van der Waals surface area contributed by atoms with Crippen molar-refractivity contribution in [1.29, 1.82) is 0 Å². The monoisotopic (exact) mass is 286 g/mol. The molecule has 1 fully saturated rings. The fraction of sp³-hybridized carbons (Fsp3) is 0.375. The fourth-order valence-electron chi connectivity index (χ4n) is 2.90. The van der Waals surface area contributed by atoms with Crippen LogP contribution >= 0.6 is 0 Å². The standard InChI is InChI=1S/C16H18N2O3/c1-21-12-8-6-11(7-9-12)17-10-18-15(19)13-4-2-3-5-14(13)16(18)20/h2-3,6-9,13-14,17H,4-5,10H2,1H3/t13-,14+. The number of imide groups is 1. The second-order valence-corrected chi connectivity index (χ2v) is 5.32. The lowest BCUT2D eigenvalue weighted by atomic mass is 9.85. The lowest BCUT2D eigenvalue weighted by molar-refractivity contribution is -0.139. The normalized spacial score (nSPS) is 24.1. The minimum absolute atomic E-state index is 0.0599. The fourth-order valence-corrected chi connectivity index (χ4v) is 2.90. The van der Waals surface area contributed by atoms with Crippen molar-refractivity contribution in [3.63, 3.8) is 0 Å². The van der Waals surface area contributed by atoms with Crippen molar-refractivity contribution in [3.05, 3.63) is 36.4 Å². The van der Waals surface area contributed by atoms with Gasteiger partial charge in [0.05, 0.1) is 25.6 Å². The van der Waals surface area contributed by atoms with Gasteiger partial charge in [-0.25, -0.2) is 0 Å². The highest BCUT2D eigenvalue weighted by Gasteiger charge is 2.46. The third-order valence-corrected chi connectivity index (χ3v) is 4.13. The molecule has 1 aliphatic heterocycles. The third kappa shape index (κ3) is 2.51. The van der Waals surface area contributed by atoms with Gasteiger partial charge in [0.25, 0.3) is 0 Å². The molecule has 2 aliphatic rings. The molecule has 5 heteroatoms. The Hall–Kier alpha value is -2.30. The lowest BCUT2D eigenvalue weighted by Gasteiger charge is -2.16. The predicted molar refractivity (Wildman–Crippen MR) is 78.7 cm³/mol. The Morgan fingerprint density at radius 2 is 1.67 bits per heavy atom. The van der Waals surface area contributed by atoms with Crippen LogP contribution in [-0.4, -0.2) is 30.5 Å². The highest BCUT2D eigenvalue weighted by atomic mass is 16.5. The van der Waals surface area contributed by atoms with Crippen LogP contribution in [-0.2, 0) is 9.59 Å². The van der Waals surface area contributed by atoms with Gasteiger partial charge in [0, 0.05) is 5.69 Å². The number of benzene rings is 1. The van der Waals surface area contributed by atoms with E-state index in [0.29, 0.717) is 12.8 Å². The molecule has 3 rings (SSSR count). The molecular weight excluding hydrogens is 268 g/mol. The molecule has 0 unspecified atom stereocenters. The number of likely N-dealkylation sites (tertiary alicyclic amines) is 1. The number of amides is 2. The van der Waals surface area contributed by atoms with Crippen molar-refractivity contribution >= 4 is 17.5 Å². The third-order valence-electron chi connectivity index (χ3n) is 4.13. The number of ether oxygens (including phenoxy) is 1. The summed E-state index contributed by atoms with van der Waals surface area (Å²) >= 11 is 0. The predicted octanol–water partition coefficient (Wildman–Crippen LogP) is 2.02. The van der Waals surface area contributed by atoms with Crippen molar-refractivity contribution in [2.45, 2.75) is 12.8 Å². The van der Waals surface area contributed by atoms with E-state index in [0.717, 1.165) is 11.4 Å². The van der Waals surface area contributed by atoms with Crippen LogP contribution in [0.2, 0.25) is 0 Å². The molecule has 0 bridgehead atoms. The summed E-state index contributed by atoms with van der Waals surface area (Å²) in [5.74, 6) is 0.317. The van der Waals surface area contributed by atoms with Gasteiger partial charge in [0.1, 0.15) is 5.75 Å². The van der Waals surface area contributed by atoms with E-state index in [1.54, 1.807) is 7.11 Å². The van der Waals surface area contributed by atoms with Crippen LogP contribution in [0, 0.1) is 11.8 Å². The van der Waals surface area contributed by atoms with Crippen molar-refractivity contribution < 1.29 is 14.3 Å². The van der Waals surface area contributed by atoms with E-state index >= 15 is 0 Å². The number of hydrogen-bond donors (Lipinski definition) is 1. The van der Waals surface area contributed by atoms with E-state index in [2.05, 4.69) is 5.32 Å². The van der Waals surface area contributed by atoms with E-state index in [-0.39, 0.29) is 30.3 Å². The molecule has 0 aromatic heterocycles. The van der Waals surface area contributed by atoms with Gasteiger partial charge in [0.15, 0.2) is 0 Å². The highest BCUT2D eigenvalue weighted by Crippen LogP contribution is 2.34. The van der Waals surface area contributed by atoms with Crippen molar-refractivity contribution in [1.82, 2.24) is 4.90 Å². The molecule has 1 aliphatic carbocycles. The molecule has 1 N–H and O–H groups in total. The zero-order valence-electron chi connectivity index (χ0n) is 11.9. The van der Waals surface area contributed by atoms with Crippen molar-refractivity contribution in [2.24, 2.45) is 11.8 Å². The SMILES string of the molecule is COc1ccc(NCN2C(=O)[C@H]3CC=CC[C@H]3C2=O)cc1. The van der Waals surface area contributed by atoms with Gasteiger partial charge >= 0.3 is 0 Å². The molecule has 0 saturated carbocycles. The molecule has 0 spiro atoms. The minimum atomic E-state index is -0.167. The van der Waals surface area contributed by atoms with Crippen LogP contribution in [0.15, 0.2) is 36.4 Å². The van der Waals surface area contributed by atoms with Crippen LogP contribution in [0.3, 0.4) is 0 Å². The molecule has 1 heterocycles. The van der Waals surface area contributed by atoms with Crippen LogP contribution < -0.4 is 10.1 Å². The average Bonchev–Trinajstić information content (AvgIpc) is 2.78. The number of anilines is 1. The first-order valence-corrected chi connectivity index (χ1v) is 7.09. The van der Waals surface area contributed by atoms with Gasteiger partial charge in [0.2, 0.25) is 11.8 Å². The van der Waals surface area contributed by atoms with E-state index in [9.17, 15) is 9.59 Å². The largest absolute Gasteiger partial charge is 0.497 e. The zero-order chi connectivity index (χ0) is 14.8. The Morgan fingerprint density at radius 3 is 2.19 bits per heavy atom. The van der Waals surface area contributed by atoms with Gasteiger partial charge < -0.3 is 10.1 Å². The summed E-state index contributed by atoms with van der Waals surface area (Å²) in [5.41, 5.74) is 0.851. The molecule has 1 aromatic rings. The number of methoxy groups -OCH3 is 1. The summed E-state index contributed by atoms with van der Waals surface area (Å²) in [4.78, 5) is 25.9. The lowest BCUT2D eigenvalue weighted by Crippen LogP contribution is -2.35. The molecule has 1 saturated heterocycles. The van der Waals surface area contributed by atoms with Gasteiger partial charge in [-0.3, -0.25) is 14.5 Å². The number of nitrogens with zero attached hydrogens (tertiary/aromatic N) is 1. The zero-order valence-corrected chi connectivity index (χ0v) is 11.9. The average molecular weight is 286 g/mol. The first-order chi connectivity index (χ1) is 10.2. The number of carbonyl (C=O) groups is 2. The summed E-state index contributed by atoms with van der Waals surface area (Å²) in [7, 11) is 1.61. The first-order valence-electron chi connectivity index (χ1n) is 7.09. The Labute approximate surface area is 123 Å². The quantitative estimate of drug-likeness (QED) is 0.679. The van der Waals surface area contributed by atoms with E-state index in [4.69, 9.17) is 4.74 Å². The second-order valence-electron chi connectivity index (χ2n) is 5.32. The minimum Gasteiger partial charge on any atom is -0.497 e. The molecule has 2 amide bonds. The number of nitrogens with one attached hydrogen (secondary N) is 1. The van der Waals surface area contributed by atoms with E-state index < -0.39 is 0 Å². The number of hydrogen-bond acceptors (Lipinski definition) is 4. The van der Waals surface area contributed by atoms with Crippen LogP contribution in [0.1, 0.15) is 12.8 Å². The van der Waals surface area contributed by atoms with Gasteiger partial charge in [-0.1, -0.05) is 12.2 Å². The van der Waals surface area contributed by atoms with Crippen LogP contribution in [0.25, 0.3) is 0 Å². The smallest absolute Gasteiger partial charge is 0.234 e. The Morgan fingerprint density at radius 1 is 1.10 bits per heavy atom. The number of carbonyl (C=O) groups excluding carboxylic acids is 2. The molecule has 5 nitrogen and oxygen atoms in total.